The van der Waals surface area contributed by atoms with E-state index in [4.69, 9.17) is 5.11 Å². The molecule has 102 valence electrons. The number of carbonyl (C=O) groups excluding carboxylic acids is 1. The minimum absolute atomic E-state index is 0.0887. The van der Waals surface area contributed by atoms with Crippen LogP contribution in [0.2, 0.25) is 0 Å². The number of aromatic nitrogens is 1. The number of aromatic carboxylic acids is 1. The molecule has 1 aliphatic heterocycles. The fourth-order valence-electron chi connectivity index (χ4n) is 2.31. The first-order valence-corrected chi connectivity index (χ1v) is 6.98. The van der Waals surface area contributed by atoms with Crippen molar-refractivity contribution in [3.63, 3.8) is 0 Å². The molecular formula is C14H12N2O3S. The Bertz CT molecular complexity index is 681. The normalized spacial score (nSPS) is 13.9. The van der Waals surface area contributed by atoms with E-state index < -0.39 is 5.97 Å². The van der Waals surface area contributed by atoms with Gasteiger partial charge in [-0.05, 0) is 35.1 Å². The Morgan fingerprint density at radius 1 is 1.25 bits per heavy atom. The highest BCUT2D eigenvalue weighted by molar-refractivity contribution is 7.08. The minimum atomic E-state index is -1.05. The molecule has 0 aliphatic carbocycles. The molecule has 0 unspecified atom stereocenters. The zero-order valence-corrected chi connectivity index (χ0v) is 11.4. The first-order chi connectivity index (χ1) is 9.65. The van der Waals surface area contributed by atoms with Crippen molar-refractivity contribution in [3.8, 4) is 0 Å². The second-order valence-electron chi connectivity index (χ2n) is 4.63. The Balaban J connectivity index is 1.80. The number of fused-ring (bicyclic) bond motifs is 1. The van der Waals surface area contributed by atoms with Crippen LogP contribution >= 0.6 is 11.5 Å². The number of benzene rings is 1. The number of carboxylic acid groups (broad SMARTS) is 1. The smallest absolute Gasteiger partial charge is 0.347 e. The zero-order chi connectivity index (χ0) is 14.1. The molecule has 0 saturated carbocycles. The molecule has 2 aromatic rings. The average Bonchev–Trinajstić information content (AvgIpc) is 2.96. The number of hydrogen-bond donors (Lipinski definition) is 1. The van der Waals surface area contributed by atoms with Gasteiger partial charge in [0.2, 0.25) is 0 Å². The van der Waals surface area contributed by atoms with Crippen LogP contribution in [0.25, 0.3) is 0 Å². The molecule has 1 aliphatic rings. The van der Waals surface area contributed by atoms with Crippen molar-refractivity contribution in [2.75, 3.05) is 6.54 Å². The molecule has 0 atom stereocenters. The van der Waals surface area contributed by atoms with Gasteiger partial charge in [-0.15, -0.1) is 0 Å². The predicted octanol–water partition coefficient (Wildman–Crippen LogP) is 2.04. The number of rotatable bonds is 2. The Hall–Kier alpha value is -2.21. The van der Waals surface area contributed by atoms with Crippen molar-refractivity contribution in [1.29, 1.82) is 0 Å². The molecule has 0 radical (unpaired) electrons. The van der Waals surface area contributed by atoms with Crippen molar-refractivity contribution in [3.05, 3.63) is 52.0 Å². The third-order valence-electron chi connectivity index (χ3n) is 3.36. The summed E-state index contributed by atoms with van der Waals surface area (Å²) >= 11 is 0.839. The fourth-order valence-corrected chi connectivity index (χ4v) is 2.88. The van der Waals surface area contributed by atoms with Gasteiger partial charge in [-0.25, -0.2) is 4.79 Å². The van der Waals surface area contributed by atoms with Crippen LogP contribution in [-0.4, -0.2) is 32.8 Å². The maximum absolute atomic E-state index is 12.3. The Labute approximate surface area is 119 Å². The van der Waals surface area contributed by atoms with E-state index >= 15 is 0 Å². The quantitative estimate of drug-likeness (QED) is 0.918. The average molecular weight is 288 g/mol. The molecule has 6 heteroatoms. The largest absolute Gasteiger partial charge is 0.477 e. The van der Waals surface area contributed by atoms with E-state index in [1.54, 1.807) is 4.90 Å². The van der Waals surface area contributed by atoms with E-state index in [9.17, 15) is 9.59 Å². The van der Waals surface area contributed by atoms with Gasteiger partial charge in [-0.1, -0.05) is 24.3 Å². The van der Waals surface area contributed by atoms with Crippen molar-refractivity contribution < 1.29 is 14.7 Å². The fraction of sp³-hybridized carbons (Fsp3) is 0.214. The summed E-state index contributed by atoms with van der Waals surface area (Å²) in [6, 6.07) is 9.38. The number of amides is 1. The molecule has 20 heavy (non-hydrogen) atoms. The monoisotopic (exact) mass is 288 g/mol. The van der Waals surface area contributed by atoms with E-state index in [-0.39, 0.29) is 16.5 Å². The van der Waals surface area contributed by atoms with Crippen LogP contribution in [-0.2, 0) is 13.0 Å². The molecule has 0 spiro atoms. The minimum Gasteiger partial charge on any atom is -0.477 e. The standard InChI is InChI=1S/C14H12N2O3S/c17-13(11-7-12(14(18)19)20-15-11)16-6-5-9-3-1-2-4-10(9)8-16/h1-4,7H,5-6,8H2,(H,18,19). The number of hydrogen-bond acceptors (Lipinski definition) is 4. The molecule has 2 heterocycles. The van der Waals surface area contributed by atoms with Crippen LogP contribution in [0.5, 0.6) is 0 Å². The molecule has 1 aromatic carbocycles. The van der Waals surface area contributed by atoms with Gasteiger partial charge in [-0.2, -0.15) is 4.37 Å². The van der Waals surface area contributed by atoms with E-state index in [2.05, 4.69) is 10.4 Å². The summed E-state index contributed by atoms with van der Waals surface area (Å²) in [7, 11) is 0. The van der Waals surface area contributed by atoms with Crippen LogP contribution in [0, 0.1) is 0 Å². The van der Waals surface area contributed by atoms with E-state index in [0.717, 1.165) is 23.5 Å². The van der Waals surface area contributed by atoms with E-state index in [1.165, 1.54) is 11.6 Å². The lowest BCUT2D eigenvalue weighted by atomic mass is 10.00. The van der Waals surface area contributed by atoms with Gasteiger partial charge in [0, 0.05) is 13.1 Å². The lowest BCUT2D eigenvalue weighted by Crippen LogP contribution is -2.36. The highest BCUT2D eigenvalue weighted by Gasteiger charge is 2.24. The van der Waals surface area contributed by atoms with Crippen molar-refractivity contribution in [2.45, 2.75) is 13.0 Å². The molecule has 1 N–H and O–H groups in total. The van der Waals surface area contributed by atoms with E-state index in [1.807, 2.05) is 18.2 Å². The predicted molar refractivity (Wildman–Crippen MR) is 74.0 cm³/mol. The van der Waals surface area contributed by atoms with Gasteiger partial charge < -0.3 is 10.0 Å². The summed E-state index contributed by atoms with van der Waals surface area (Å²) < 4.78 is 3.94. The number of carbonyl (C=O) groups is 2. The van der Waals surface area contributed by atoms with Crippen molar-refractivity contribution in [1.82, 2.24) is 9.27 Å². The SMILES string of the molecule is O=C(O)c1cc(C(=O)N2CCc3ccccc3C2)ns1. The lowest BCUT2D eigenvalue weighted by molar-refractivity contribution is 0.0702. The maximum atomic E-state index is 12.3. The second-order valence-corrected chi connectivity index (χ2v) is 5.43. The van der Waals surface area contributed by atoms with Gasteiger partial charge in [0.1, 0.15) is 10.6 Å². The van der Waals surface area contributed by atoms with Crippen LogP contribution in [0.15, 0.2) is 30.3 Å². The molecule has 5 nitrogen and oxygen atoms in total. The molecule has 0 bridgehead atoms. The lowest BCUT2D eigenvalue weighted by Gasteiger charge is -2.28. The zero-order valence-electron chi connectivity index (χ0n) is 10.6. The van der Waals surface area contributed by atoms with Gasteiger partial charge in [0.05, 0.1) is 0 Å². The molecule has 0 fully saturated rings. The van der Waals surface area contributed by atoms with Crippen LogP contribution in [0.3, 0.4) is 0 Å². The summed E-state index contributed by atoms with van der Waals surface area (Å²) in [6.45, 7) is 1.19. The summed E-state index contributed by atoms with van der Waals surface area (Å²) in [5, 5.41) is 8.87. The van der Waals surface area contributed by atoms with Crippen LogP contribution in [0.1, 0.15) is 31.3 Å². The molecule has 0 saturated heterocycles. The summed E-state index contributed by atoms with van der Waals surface area (Å²) in [5.74, 6) is -1.26. The van der Waals surface area contributed by atoms with Crippen LogP contribution in [0.4, 0.5) is 0 Å². The van der Waals surface area contributed by atoms with Crippen LogP contribution < -0.4 is 0 Å². The molecule has 1 aromatic heterocycles. The molecule has 3 rings (SSSR count). The Morgan fingerprint density at radius 2 is 2.00 bits per heavy atom. The highest BCUT2D eigenvalue weighted by atomic mass is 32.1. The molecule has 1 amide bonds. The van der Waals surface area contributed by atoms with Crippen molar-refractivity contribution >= 4 is 23.4 Å². The van der Waals surface area contributed by atoms with E-state index in [0.29, 0.717) is 13.1 Å². The summed E-state index contributed by atoms with van der Waals surface area (Å²) in [4.78, 5) is 24.9. The first kappa shape index (κ1) is 12.8. The van der Waals surface area contributed by atoms with Gasteiger partial charge in [-0.3, -0.25) is 4.79 Å². The highest BCUT2D eigenvalue weighted by Crippen LogP contribution is 2.21. The Morgan fingerprint density at radius 3 is 2.70 bits per heavy atom. The maximum Gasteiger partial charge on any atom is 0.347 e. The number of carboxylic acids is 1. The molecular weight excluding hydrogens is 276 g/mol. The summed E-state index contributed by atoms with van der Waals surface area (Å²) in [5.41, 5.74) is 2.62. The first-order valence-electron chi connectivity index (χ1n) is 6.21. The Kier molecular flexibility index (Phi) is 3.23. The topological polar surface area (TPSA) is 70.5 Å². The van der Waals surface area contributed by atoms with Gasteiger partial charge >= 0.3 is 5.97 Å². The van der Waals surface area contributed by atoms with Gasteiger partial charge in [0.15, 0.2) is 0 Å². The third kappa shape index (κ3) is 2.30. The number of nitrogens with zero attached hydrogens (tertiary/aromatic N) is 2. The van der Waals surface area contributed by atoms with Gasteiger partial charge in [0.25, 0.3) is 5.91 Å². The third-order valence-corrected chi connectivity index (χ3v) is 4.14. The second kappa shape index (κ2) is 5.05. The van der Waals surface area contributed by atoms with Crippen molar-refractivity contribution in [2.24, 2.45) is 0 Å². The summed E-state index contributed by atoms with van der Waals surface area (Å²) in [6.07, 6.45) is 0.817.